The third kappa shape index (κ3) is 5.46. The zero-order valence-corrected chi connectivity index (χ0v) is 18.7. The molecule has 10 nitrogen and oxygen atoms in total. The van der Waals surface area contributed by atoms with Gasteiger partial charge in [0.05, 0.1) is 15.4 Å². The molecule has 0 aromatic heterocycles. The second-order valence-corrected chi connectivity index (χ2v) is 7.66. The van der Waals surface area contributed by atoms with Gasteiger partial charge in [-0.3, -0.25) is 29.8 Å². The fourth-order valence-corrected chi connectivity index (χ4v) is 3.52. The van der Waals surface area contributed by atoms with Crippen molar-refractivity contribution in [2.45, 2.75) is 20.0 Å². The molecule has 0 saturated heterocycles. The second-order valence-electron chi connectivity index (χ2n) is 7.66. The number of carbonyl (C=O) groups is 2. The van der Waals surface area contributed by atoms with Crippen molar-refractivity contribution in [3.05, 3.63) is 103 Å². The summed E-state index contributed by atoms with van der Waals surface area (Å²) in [5.41, 5.74) is -3.41. The van der Waals surface area contributed by atoms with E-state index in [1.165, 1.54) is 38.1 Å². The fourth-order valence-electron chi connectivity index (χ4n) is 3.52. The van der Waals surface area contributed by atoms with Crippen molar-refractivity contribution < 1.29 is 32.6 Å². The Hall–Kier alpha value is -4.81. The average molecular weight is 502 g/mol. The quantitative estimate of drug-likeness (QED) is 0.329. The van der Waals surface area contributed by atoms with E-state index >= 15 is 0 Å². The van der Waals surface area contributed by atoms with Crippen molar-refractivity contribution in [3.8, 4) is 0 Å². The van der Waals surface area contributed by atoms with Crippen molar-refractivity contribution in [3.63, 3.8) is 0 Å². The van der Waals surface area contributed by atoms with E-state index in [-0.39, 0.29) is 22.3 Å². The first-order valence-corrected chi connectivity index (χ1v) is 10.1. The number of nitrogens with one attached hydrogen (secondary N) is 2. The number of anilines is 2. The van der Waals surface area contributed by atoms with E-state index in [2.05, 4.69) is 10.6 Å². The predicted octanol–water partition coefficient (Wildman–Crippen LogP) is 5.64. The normalized spacial score (nSPS) is 11.0. The lowest BCUT2D eigenvalue weighted by molar-refractivity contribution is -0.385. The number of nitro benzene ring substituents is 2. The van der Waals surface area contributed by atoms with Gasteiger partial charge in [-0.1, -0.05) is 24.3 Å². The molecule has 2 N–H and O–H groups in total. The third-order valence-electron chi connectivity index (χ3n) is 5.13. The molecule has 0 heterocycles. The van der Waals surface area contributed by atoms with Crippen LogP contribution < -0.4 is 10.6 Å². The van der Waals surface area contributed by atoms with Crippen LogP contribution in [0.2, 0.25) is 0 Å². The summed E-state index contributed by atoms with van der Waals surface area (Å²) in [5, 5.41) is 27.0. The van der Waals surface area contributed by atoms with Crippen LogP contribution in [-0.2, 0) is 6.18 Å². The van der Waals surface area contributed by atoms with Gasteiger partial charge in [-0.05, 0) is 43.2 Å². The number of halogens is 3. The van der Waals surface area contributed by atoms with Crippen LogP contribution in [0.15, 0.2) is 54.6 Å². The molecule has 36 heavy (non-hydrogen) atoms. The van der Waals surface area contributed by atoms with Gasteiger partial charge in [0.1, 0.15) is 11.1 Å². The van der Waals surface area contributed by atoms with E-state index < -0.39 is 56.2 Å². The number of rotatable bonds is 6. The zero-order valence-electron chi connectivity index (χ0n) is 18.7. The Kier molecular flexibility index (Phi) is 7.04. The summed E-state index contributed by atoms with van der Waals surface area (Å²) in [7, 11) is 0. The van der Waals surface area contributed by atoms with E-state index in [0.29, 0.717) is 12.1 Å². The molecular formula is C23H17F3N4O6. The first kappa shape index (κ1) is 25.8. The Bertz CT molecular complexity index is 1310. The molecule has 3 rings (SSSR count). The Balaban J connectivity index is 2.02. The predicted molar refractivity (Wildman–Crippen MR) is 123 cm³/mol. The molecular weight excluding hydrogens is 485 g/mol. The number of hydrogen-bond acceptors (Lipinski definition) is 6. The van der Waals surface area contributed by atoms with Crippen LogP contribution >= 0.6 is 0 Å². The van der Waals surface area contributed by atoms with E-state index in [0.717, 1.165) is 18.2 Å². The Morgan fingerprint density at radius 2 is 1.14 bits per heavy atom. The van der Waals surface area contributed by atoms with E-state index in [9.17, 15) is 43.0 Å². The molecule has 0 radical (unpaired) electrons. The summed E-state index contributed by atoms with van der Waals surface area (Å²) in [5.74, 6) is -2.07. The molecule has 2 amide bonds. The highest BCUT2D eigenvalue weighted by molar-refractivity contribution is 6.10. The lowest BCUT2D eigenvalue weighted by Crippen LogP contribution is -2.18. The monoisotopic (exact) mass is 502 g/mol. The maximum Gasteiger partial charge on any atom is 0.416 e. The summed E-state index contributed by atoms with van der Waals surface area (Å²) in [6.45, 7) is 2.85. The van der Waals surface area contributed by atoms with Crippen LogP contribution in [0, 0.1) is 34.1 Å². The number of amides is 2. The average Bonchev–Trinajstić information content (AvgIpc) is 2.77. The molecule has 0 atom stereocenters. The van der Waals surface area contributed by atoms with Crippen LogP contribution in [0.4, 0.5) is 35.9 Å². The molecule has 0 spiro atoms. The number of nitrogens with zero attached hydrogens (tertiary/aromatic N) is 2. The molecule has 0 saturated carbocycles. The highest BCUT2D eigenvalue weighted by Crippen LogP contribution is 2.34. The van der Waals surface area contributed by atoms with Gasteiger partial charge < -0.3 is 10.6 Å². The minimum absolute atomic E-state index is 0.217. The molecule has 0 bridgehead atoms. The summed E-state index contributed by atoms with van der Waals surface area (Å²) in [6.07, 6.45) is -4.89. The van der Waals surface area contributed by atoms with Gasteiger partial charge in [0.15, 0.2) is 0 Å². The number of aryl methyl sites for hydroxylation is 2. The lowest BCUT2D eigenvalue weighted by atomic mass is 10.0. The van der Waals surface area contributed by atoms with Crippen molar-refractivity contribution in [2.75, 3.05) is 10.6 Å². The number of carbonyl (C=O) groups excluding carboxylic acids is 2. The second kappa shape index (κ2) is 9.82. The SMILES string of the molecule is Cc1cccc([N+](=O)[O-])c1C(=O)Nc1cc(NC(=O)c2c(C)cccc2[N+](=O)[O-])cc(C(F)(F)F)c1. The van der Waals surface area contributed by atoms with Gasteiger partial charge in [-0.2, -0.15) is 13.2 Å². The van der Waals surface area contributed by atoms with Crippen LogP contribution in [-0.4, -0.2) is 21.7 Å². The number of nitro groups is 2. The van der Waals surface area contributed by atoms with E-state index in [4.69, 9.17) is 0 Å². The molecule has 3 aromatic rings. The Morgan fingerprint density at radius 1 is 0.750 bits per heavy atom. The molecule has 0 aliphatic heterocycles. The van der Waals surface area contributed by atoms with E-state index in [1.807, 2.05) is 0 Å². The standard InChI is InChI=1S/C23H17F3N4O6/c1-12-5-3-7-17(29(33)34)19(12)21(31)27-15-9-14(23(24,25)26)10-16(11-15)28-22(32)20-13(2)6-4-8-18(20)30(35)36/h3-11H,1-2H3,(H,27,31)(H,28,32). The molecule has 0 unspecified atom stereocenters. The van der Waals surface area contributed by atoms with Crippen molar-refractivity contribution in [2.24, 2.45) is 0 Å². The van der Waals surface area contributed by atoms with Crippen LogP contribution in [0.3, 0.4) is 0 Å². The minimum atomic E-state index is -4.89. The van der Waals surface area contributed by atoms with Crippen LogP contribution in [0.5, 0.6) is 0 Å². The molecule has 3 aromatic carbocycles. The Morgan fingerprint density at radius 3 is 1.47 bits per heavy atom. The topological polar surface area (TPSA) is 144 Å². The van der Waals surface area contributed by atoms with Crippen molar-refractivity contribution in [1.29, 1.82) is 0 Å². The molecule has 186 valence electrons. The third-order valence-corrected chi connectivity index (χ3v) is 5.13. The lowest BCUT2D eigenvalue weighted by Gasteiger charge is -2.15. The molecule has 13 heteroatoms. The van der Waals surface area contributed by atoms with Gasteiger partial charge in [0.25, 0.3) is 23.2 Å². The largest absolute Gasteiger partial charge is 0.416 e. The van der Waals surface area contributed by atoms with E-state index in [1.54, 1.807) is 0 Å². The van der Waals surface area contributed by atoms with Gasteiger partial charge in [-0.15, -0.1) is 0 Å². The first-order chi connectivity index (χ1) is 16.8. The maximum atomic E-state index is 13.5. The summed E-state index contributed by atoms with van der Waals surface area (Å²) in [6, 6.07) is 9.90. The van der Waals surface area contributed by atoms with Gasteiger partial charge in [0, 0.05) is 23.5 Å². The molecule has 0 fully saturated rings. The van der Waals surface area contributed by atoms with Crippen molar-refractivity contribution in [1.82, 2.24) is 0 Å². The fraction of sp³-hybridized carbons (Fsp3) is 0.130. The summed E-state index contributed by atoms with van der Waals surface area (Å²) in [4.78, 5) is 46.6. The summed E-state index contributed by atoms with van der Waals surface area (Å²) < 4.78 is 40.6. The maximum absolute atomic E-state index is 13.5. The zero-order chi connectivity index (χ0) is 26.8. The highest BCUT2D eigenvalue weighted by atomic mass is 19.4. The number of hydrogen-bond donors (Lipinski definition) is 2. The smallest absolute Gasteiger partial charge is 0.322 e. The van der Waals surface area contributed by atoms with Crippen LogP contribution in [0.25, 0.3) is 0 Å². The number of benzene rings is 3. The van der Waals surface area contributed by atoms with Gasteiger partial charge in [0.2, 0.25) is 0 Å². The molecule has 0 aliphatic carbocycles. The number of alkyl halides is 3. The first-order valence-electron chi connectivity index (χ1n) is 10.1. The summed E-state index contributed by atoms with van der Waals surface area (Å²) >= 11 is 0. The van der Waals surface area contributed by atoms with Gasteiger partial charge >= 0.3 is 6.18 Å². The van der Waals surface area contributed by atoms with Gasteiger partial charge in [-0.25, -0.2) is 0 Å². The van der Waals surface area contributed by atoms with Crippen LogP contribution in [0.1, 0.15) is 37.4 Å². The Labute approximate surface area is 201 Å². The molecule has 0 aliphatic rings. The highest BCUT2D eigenvalue weighted by Gasteiger charge is 2.32. The van der Waals surface area contributed by atoms with Crippen molar-refractivity contribution >= 4 is 34.6 Å². The minimum Gasteiger partial charge on any atom is -0.322 e.